The van der Waals surface area contributed by atoms with Gasteiger partial charge in [0.05, 0.1) is 0 Å². The summed E-state index contributed by atoms with van der Waals surface area (Å²) in [6.45, 7) is 4.68. The van der Waals surface area contributed by atoms with Crippen molar-refractivity contribution in [2.45, 2.75) is 57.9 Å². The molecule has 2 heterocycles. The van der Waals surface area contributed by atoms with E-state index in [2.05, 4.69) is 11.8 Å². The summed E-state index contributed by atoms with van der Waals surface area (Å²) in [5.41, 5.74) is 1.03. The molecule has 3 aliphatic rings. The van der Waals surface area contributed by atoms with E-state index in [4.69, 9.17) is 0 Å². The second kappa shape index (κ2) is 9.15. The number of carbonyl (C=O) groups excluding carboxylic acids is 2. The van der Waals surface area contributed by atoms with E-state index in [1.807, 2.05) is 41.3 Å². The monoisotopic (exact) mass is 394 g/mol. The summed E-state index contributed by atoms with van der Waals surface area (Å²) >= 11 is 0. The van der Waals surface area contributed by atoms with Crippen molar-refractivity contribution in [1.29, 1.82) is 0 Å². The van der Waals surface area contributed by atoms with Crippen LogP contribution in [0.25, 0.3) is 6.08 Å². The number of likely N-dealkylation sites (tertiary alicyclic amines) is 2. The van der Waals surface area contributed by atoms with Gasteiger partial charge in [-0.1, -0.05) is 50.1 Å². The Labute approximate surface area is 175 Å². The molecule has 3 atom stereocenters. The lowest BCUT2D eigenvalue weighted by atomic mass is 9.72. The summed E-state index contributed by atoms with van der Waals surface area (Å²) < 4.78 is 0. The number of amides is 2. The number of piperidine rings is 2. The smallest absolute Gasteiger partial charge is 0.246 e. The van der Waals surface area contributed by atoms with Crippen LogP contribution in [0.4, 0.5) is 0 Å². The fourth-order valence-corrected chi connectivity index (χ4v) is 5.61. The molecule has 3 unspecified atom stereocenters. The van der Waals surface area contributed by atoms with Crippen LogP contribution in [-0.4, -0.2) is 47.3 Å². The van der Waals surface area contributed by atoms with Gasteiger partial charge in [0.2, 0.25) is 11.8 Å². The SMILES string of the molecule is CC1CCN(C(=O)C2CCN(C(=O)/C=C/c3ccccc3)CC2)C2CCCCC12. The Morgan fingerprint density at radius 2 is 1.66 bits per heavy atom. The third-order valence-electron chi connectivity index (χ3n) is 7.40. The maximum atomic E-state index is 13.3. The molecule has 1 aromatic rings. The number of hydrogen-bond acceptors (Lipinski definition) is 2. The molecular formula is C25H34N2O2. The number of hydrogen-bond donors (Lipinski definition) is 0. The molecule has 2 aliphatic heterocycles. The molecule has 0 N–H and O–H groups in total. The molecule has 0 radical (unpaired) electrons. The van der Waals surface area contributed by atoms with E-state index in [0.717, 1.165) is 37.3 Å². The predicted molar refractivity (Wildman–Crippen MR) is 116 cm³/mol. The summed E-state index contributed by atoms with van der Waals surface area (Å²) in [4.78, 5) is 30.0. The number of rotatable bonds is 3. The fourth-order valence-electron chi connectivity index (χ4n) is 5.61. The Kier molecular flexibility index (Phi) is 6.37. The second-order valence-electron chi connectivity index (χ2n) is 9.16. The van der Waals surface area contributed by atoms with Crippen LogP contribution in [0.1, 0.15) is 57.4 Å². The van der Waals surface area contributed by atoms with Gasteiger partial charge in [-0.25, -0.2) is 0 Å². The molecule has 4 heteroatoms. The Morgan fingerprint density at radius 1 is 0.931 bits per heavy atom. The van der Waals surface area contributed by atoms with Gasteiger partial charge in [0.1, 0.15) is 0 Å². The lowest BCUT2D eigenvalue weighted by Crippen LogP contribution is -2.55. The summed E-state index contributed by atoms with van der Waals surface area (Å²) in [6, 6.07) is 10.4. The van der Waals surface area contributed by atoms with Crippen molar-refractivity contribution in [3.05, 3.63) is 42.0 Å². The molecule has 1 aliphatic carbocycles. The van der Waals surface area contributed by atoms with Gasteiger partial charge in [-0.3, -0.25) is 9.59 Å². The lowest BCUT2D eigenvalue weighted by molar-refractivity contribution is -0.146. The van der Waals surface area contributed by atoms with Gasteiger partial charge in [-0.05, 0) is 55.6 Å². The molecule has 2 saturated heterocycles. The minimum atomic E-state index is 0.0545. The van der Waals surface area contributed by atoms with E-state index in [9.17, 15) is 9.59 Å². The molecule has 1 aromatic carbocycles. The first-order valence-corrected chi connectivity index (χ1v) is 11.5. The van der Waals surface area contributed by atoms with Crippen molar-refractivity contribution in [2.24, 2.45) is 17.8 Å². The molecule has 156 valence electrons. The maximum Gasteiger partial charge on any atom is 0.246 e. The molecule has 29 heavy (non-hydrogen) atoms. The normalized spacial score (nSPS) is 28.4. The standard InChI is InChI=1S/C25H34N2O2/c1-19-13-18-27(23-10-6-5-9-22(19)23)25(29)21-14-16-26(17-15-21)24(28)12-11-20-7-3-2-4-8-20/h2-4,7-8,11-12,19,21-23H,5-6,9-10,13-18H2,1H3/b12-11+. The Hall–Kier alpha value is -2.10. The van der Waals surface area contributed by atoms with Crippen molar-refractivity contribution >= 4 is 17.9 Å². The van der Waals surface area contributed by atoms with E-state index in [0.29, 0.717) is 31.0 Å². The Bertz CT molecular complexity index is 736. The van der Waals surface area contributed by atoms with Crippen molar-refractivity contribution in [1.82, 2.24) is 9.80 Å². The minimum Gasteiger partial charge on any atom is -0.339 e. The molecule has 4 nitrogen and oxygen atoms in total. The van der Waals surface area contributed by atoms with Crippen molar-refractivity contribution in [2.75, 3.05) is 19.6 Å². The summed E-state index contributed by atoms with van der Waals surface area (Å²) in [5.74, 6) is 1.96. The Balaban J connectivity index is 1.31. The molecule has 0 spiro atoms. The number of fused-ring (bicyclic) bond motifs is 1. The lowest BCUT2D eigenvalue weighted by Gasteiger charge is -2.48. The summed E-state index contributed by atoms with van der Waals surface area (Å²) in [7, 11) is 0. The van der Waals surface area contributed by atoms with Crippen LogP contribution in [-0.2, 0) is 9.59 Å². The topological polar surface area (TPSA) is 40.6 Å². The van der Waals surface area contributed by atoms with Crippen molar-refractivity contribution < 1.29 is 9.59 Å². The summed E-state index contributed by atoms with van der Waals surface area (Å²) in [5, 5.41) is 0. The van der Waals surface area contributed by atoms with Crippen LogP contribution in [0.3, 0.4) is 0 Å². The first kappa shape index (κ1) is 20.2. The predicted octanol–water partition coefficient (Wildman–Crippen LogP) is 4.37. The van der Waals surface area contributed by atoms with Gasteiger partial charge in [0.15, 0.2) is 0 Å². The summed E-state index contributed by atoms with van der Waals surface area (Å²) in [6.07, 6.45) is 11.3. The molecule has 1 saturated carbocycles. The zero-order valence-corrected chi connectivity index (χ0v) is 17.6. The average molecular weight is 395 g/mol. The van der Waals surface area contributed by atoms with Gasteiger partial charge < -0.3 is 9.80 Å². The van der Waals surface area contributed by atoms with E-state index in [-0.39, 0.29) is 11.8 Å². The van der Waals surface area contributed by atoms with Crippen molar-refractivity contribution in [3.63, 3.8) is 0 Å². The number of benzene rings is 1. The molecular weight excluding hydrogens is 360 g/mol. The van der Waals surface area contributed by atoms with E-state index < -0.39 is 0 Å². The van der Waals surface area contributed by atoms with Crippen LogP contribution >= 0.6 is 0 Å². The van der Waals surface area contributed by atoms with Crippen LogP contribution in [0.5, 0.6) is 0 Å². The van der Waals surface area contributed by atoms with E-state index in [1.165, 1.54) is 25.7 Å². The number of carbonyl (C=O) groups is 2. The first-order chi connectivity index (χ1) is 14.1. The maximum absolute atomic E-state index is 13.3. The highest BCUT2D eigenvalue weighted by Crippen LogP contribution is 2.39. The van der Waals surface area contributed by atoms with Gasteiger partial charge >= 0.3 is 0 Å². The number of nitrogens with zero attached hydrogens (tertiary/aromatic N) is 2. The molecule has 0 bridgehead atoms. The van der Waals surface area contributed by atoms with Crippen molar-refractivity contribution in [3.8, 4) is 0 Å². The second-order valence-corrected chi connectivity index (χ2v) is 9.16. The van der Waals surface area contributed by atoms with E-state index in [1.54, 1.807) is 6.08 Å². The third kappa shape index (κ3) is 4.57. The van der Waals surface area contributed by atoms with Gasteiger partial charge in [0.25, 0.3) is 0 Å². The van der Waals surface area contributed by atoms with Crippen LogP contribution in [0.2, 0.25) is 0 Å². The fraction of sp³-hybridized carbons (Fsp3) is 0.600. The highest BCUT2D eigenvalue weighted by atomic mass is 16.2. The first-order valence-electron chi connectivity index (χ1n) is 11.5. The quantitative estimate of drug-likeness (QED) is 0.715. The molecule has 4 rings (SSSR count). The third-order valence-corrected chi connectivity index (χ3v) is 7.40. The zero-order valence-electron chi connectivity index (χ0n) is 17.6. The van der Waals surface area contributed by atoms with Crippen LogP contribution < -0.4 is 0 Å². The largest absolute Gasteiger partial charge is 0.339 e. The molecule has 2 amide bonds. The van der Waals surface area contributed by atoms with Gasteiger partial charge in [-0.15, -0.1) is 0 Å². The van der Waals surface area contributed by atoms with Gasteiger partial charge in [0, 0.05) is 37.7 Å². The van der Waals surface area contributed by atoms with Crippen LogP contribution in [0, 0.1) is 17.8 Å². The molecule has 3 fully saturated rings. The van der Waals surface area contributed by atoms with E-state index >= 15 is 0 Å². The van der Waals surface area contributed by atoms with Crippen LogP contribution in [0.15, 0.2) is 36.4 Å². The average Bonchev–Trinajstić information content (AvgIpc) is 2.78. The van der Waals surface area contributed by atoms with Gasteiger partial charge in [-0.2, -0.15) is 0 Å². The highest BCUT2D eigenvalue weighted by molar-refractivity contribution is 5.92. The Morgan fingerprint density at radius 3 is 2.41 bits per heavy atom. The highest BCUT2D eigenvalue weighted by Gasteiger charge is 2.41. The minimum absolute atomic E-state index is 0.0545. The zero-order chi connectivity index (χ0) is 20.2. The molecule has 0 aromatic heterocycles.